The van der Waals surface area contributed by atoms with Crippen LogP contribution in [0.1, 0.15) is 17.1 Å². The molecular formula is C19H19N5OS. The molecule has 3 heterocycles. The van der Waals surface area contributed by atoms with Crippen molar-refractivity contribution in [3.05, 3.63) is 65.0 Å². The topological polar surface area (TPSA) is 67.9 Å². The molecule has 2 N–H and O–H groups in total. The molecule has 0 amide bonds. The lowest BCUT2D eigenvalue weighted by Crippen LogP contribution is -2.07. The minimum Gasteiger partial charge on any atom is -0.360 e. The average molecular weight is 365 g/mol. The lowest BCUT2D eigenvalue weighted by molar-refractivity contribution is 0.394. The van der Waals surface area contributed by atoms with Crippen molar-refractivity contribution in [1.82, 2.24) is 14.7 Å². The third-order valence-corrected chi connectivity index (χ3v) is 4.90. The van der Waals surface area contributed by atoms with Gasteiger partial charge in [0, 0.05) is 28.4 Å². The zero-order chi connectivity index (χ0) is 18.1. The van der Waals surface area contributed by atoms with Crippen LogP contribution in [0.2, 0.25) is 0 Å². The summed E-state index contributed by atoms with van der Waals surface area (Å²) in [6.45, 7) is 6.02. The summed E-state index contributed by atoms with van der Waals surface area (Å²) < 4.78 is 7.30. The first-order chi connectivity index (χ1) is 12.6. The summed E-state index contributed by atoms with van der Waals surface area (Å²) in [5.74, 6) is 1.59. The van der Waals surface area contributed by atoms with Crippen LogP contribution in [-0.4, -0.2) is 14.7 Å². The van der Waals surface area contributed by atoms with Crippen LogP contribution in [-0.2, 0) is 0 Å². The van der Waals surface area contributed by atoms with Crippen molar-refractivity contribution in [2.45, 2.75) is 20.8 Å². The van der Waals surface area contributed by atoms with Gasteiger partial charge in [0.2, 0.25) is 5.13 Å². The van der Waals surface area contributed by atoms with E-state index in [-0.39, 0.29) is 0 Å². The summed E-state index contributed by atoms with van der Waals surface area (Å²) in [6, 6.07) is 14.0. The number of hydrazine groups is 1. The average Bonchev–Trinajstić information content (AvgIpc) is 3.34. The van der Waals surface area contributed by atoms with Crippen LogP contribution in [0.5, 0.6) is 0 Å². The number of aromatic nitrogens is 3. The Morgan fingerprint density at radius 2 is 1.85 bits per heavy atom. The predicted octanol–water partition coefficient (Wildman–Crippen LogP) is 4.95. The molecule has 26 heavy (non-hydrogen) atoms. The van der Waals surface area contributed by atoms with E-state index >= 15 is 0 Å². The van der Waals surface area contributed by atoms with Gasteiger partial charge in [0.1, 0.15) is 5.76 Å². The van der Waals surface area contributed by atoms with Crippen molar-refractivity contribution in [3.63, 3.8) is 0 Å². The monoisotopic (exact) mass is 365 g/mol. The molecule has 0 aliphatic heterocycles. The fraction of sp³-hybridized carbons (Fsp3) is 0.158. The normalized spacial score (nSPS) is 10.9. The minimum atomic E-state index is 0.793. The number of rotatable bonds is 5. The molecule has 7 heteroatoms. The van der Waals surface area contributed by atoms with Crippen LogP contribution in [0.15, 0.2) is 52.4 Å². The van der Waals surface area contributed by atoms with Crippen molar-refractivity contribution >= 4 is 22.2 Å². The molecule has 3 aromatic heterocycles. The highest BCUT2D eigenvalue weighted by atomic mass is 32.1. The highest BCUT2D eigenvalue weighted by Gasteiger charge is 2.16. The largest absolute Gasteiger partial charge is 0.360 e. The summed E-state index contributed by atoms with van der Waals surface area (Å²) in [5.41, 5.74) is 11.5. The van der Waals surface area contributed by atoms with Crippen LogP contribution in [0.4, 0.5) is 10.8 Å². The quantitative estimate of drug-likeness (QED) is 0.490. The zero-order valence-corrected chi connectivity index (χ0v) is 15.6. The Morgan fingerprint density at radius 3 is 2.58 bits per heavy atom. The van der Waals surface area contributed by atoms with E-state index in [2.05, 4.69) is 45.9 Å². The maximum absolute atomic E-state index is 5.22. The number of thiazole rings is 1. The summed E-state index contributed by atoms with van der Waals surface area (Å²) in [5, 5.41) is 6.99. The third kappa shape index (κ3) is 3.09. The second-order valence-corrected chi connectivity index (χ2v) is 6.93. The molecule has 0 saturated carbocycles. The lowest BCUT2D eigenvalue weighted by Gasteiger charge is -2.06. The molecule has 4 rings (SSSR count). The van der Waals surface area contributed by atoms with Gasteiger partial charge in [-0.05, 0) is 39.0 Å². The van der Waals surface area contributed by atoms with E-state index in [1.165, 1.54) is 0 Å². The fourth-order valence-electron chi connectivity index (χ4n) is 2.94. The number of aryl methyl sites for hydroxylation is 2. The van der Waals surface area contributed by atoms with Gasteiger partial charge in [0.05, 0.1) is 11.4 Å². The van der Waals surface area contributed by atoms with Crippen molar-refractivity contribution in [2.75, 3.05) is 10.9 Å². The van der Waals surface area contributed by atoms with E-state index < -0.39 is 0 Å². The first-order valence-electron chi connectivity index (χ1n) is 8.27. The van der Waals surface area contributed by atoms with Gasteiger partial charge in [-0.3, -0.25) is 15.4 Å². The number of para-hydroxylation sites is 1. The summed E-state index contributed by atoms with van der Waals surface area (Å²) in [6.07, 6.45) is 0. The predicted molar refractivity (Wildman–Crippen MR) is 105 cm³/mol. The van der Waals surface area contributed by atoms with Gasteiger partial charge in [-0.15, -0.1) is 11.3 Å². The first-order valence-corrected chi connectivity index (χ1v) is 9.15. The molecule has 0 aliphatic rings. The maximum atomic E-state index is 5.22. The van der Waals surface area contributed by atoms with Gasteiger partial charge in [-0.1, -0.05) is 23.4 Å². The van der Waals surface area contributed by atoms with Crippen LogP contribution in [0.3, 0.4) is 0 Å². The standard InChI is InChI=1S/C19H19N5OS/c1-12-9-16(14(3)24(12)18-10-13(2)25-23-18)17-11-26-19(20-17)22-21-15-7-5-4-6-8-15/h4-11,21H,1-3H3,(H,20,22). The summed E-state index contributed by atoms with van der Waals surface area (Å²) in [4.78, 5) is 4.70. The molecule has 6 nitrogen and oxygen atoms in total. The Bertz CT molecular complexity index is 1030. The van der Waals surface area contributed by atoms with E-state index in [9.17, 15) is 0 Å². The second-order valence-electron chi connectivity index (χ2n) is 6.07. The molecule has 0 saturated heterocycles. The van der Waals surface area contributed by atoms with Gasteiger partial charge in [0.25, 0.3) is 0 Å². The van der Waals surface area contributed by atoms with Crippen molar-refractivity contribution in [2.24, 2.45) is 0 Å². The van der Waals surface area contributed by atoms with E-state index in [1.54, 1.807) is 11.3 Å². The molecule has 0 atom stereocenters. The number of hydrogen-bond donors (Lipinski definition) is 2. The van der Waals surface area contributed by atoms with E-state index in [0.29, 0.717) is 0 Å². The Hall–Kier alpha value is -3.06. The van der Waals surface area contributed by atoms with E-state index in [4.69, 9.17) is 9.51 Å². The van der Waals surface area contributed by atoms with Crippen LogP contribution >= 0.6 is 11.3 Å². The number of hydrogen-bond acceptors (Lipinski definition) is 6. The molecule has 1 aromatic carbocycles. The molecule has 0 radical (unpaired) electrons. The molecule has 0 fully saturated rings. The molecule has 0 spiro atoms. The van der Waals surface area contributed by atoms with Crippen molar-refractivity contribution < 1.29 is 4.52 Å². The number of nitrogens with one attached hydrogen (secondary N) is 2. The lowest BCUT2D eigenvalue weighted by atomic mass is 10.2. The fourth-order valence-corrected chi connectivity index (χ4v) is 3.60. The zero-order valence-electron chi connectivity index (χ0n) is 14.8. The molecule has 0 bridgehead atoms. The first kappa shape index (κ1) is 16.4. The SMILES string of the molecule is Cc1cc(-n2c(C)cc(-c3csc(NNc4ccccc4)n3)c2C)no1. The van der Waals surface area contributed by atoms with E-state index in [0.717, 1.165) is 45.0 Å². The van der Waals surface area contributed by atoms with Crippen molar-refractivity contribution in [1.29, 1.82) is 0 Å². The molecule has 0 aliphatic carbocycles. The van der Waals surface area contributed by atoms with Gasteiger partial charge >= 0.3 is 0 Å². The van der Waals surface area contributed by atoms with Crippen LogP contribution in [0.25, 0.3) is 17.1 Å². The number of nitrogens with zero attached hydrogens (tertiary/aromatic N) is 3. The third-order valence-electron chi connectivity index (χ3n) is 4.14. The maximum Gasteiger partial charge on any atom is 0.202 e. The van der Waals surface area contributed by atoms with Gasteiger partial charge in [-0.2, -0.15) is 0 Å². The molecular weight excluding hydrogens is 346 g/mol. The van der Waals surface area contributed by atoms with Crippen molar-refractivity contribution in [3.8, 4) is 17.1 Å². The van der Waals surface area contributed by atoms with Gasteiger partial charge in [-0.25, -0.2) is 4.98 Å². The molecule has 132 valence electrons. The Morgan fingerprint density at radius 1 is 1.04 bits per heavy atom. The van der Waals surface area contributed by atoms with Crippen LogP contribution < -0.4 is 10.9 Å². The van der Waals surface area contributed by atoms with Gasteiger partial charge < -0.3 is 4.52 Å². The molecule has 0 unspecified atom stereocenters. The summed E-state index contributed by atoms with van der Waals surface area (Å²) in [7, 11) is 0. The minimum absolute atomic E-state index is 0.793. The highest BCUT2D eigenvalue weighted by molar-refractivity contribution is 7.14. The second kappa shape index (κ2) is 6.68. The number of benzene rings is 1. The van der Waals surface area contributed by atoms with E-state index in [1.807, 2.05) is 43.3 Å². The Labute approximate surface area is 155 Å². The number of anilines is 2. The Kier molecular flexibility index (Phi) is 4.22. The smallest absolute Gasteiger partial charge is 0.202 e. The highest BCUT2D eigenvalue weighted by Crippen LogP contribution is 2.31. The van der Waals surface area contributed by atoms with Crippen LogP contribution in [0, 0.1) is 20.8 Å². The Balaban J connectivity index is 1.58. The summed E-state index contributed by atoms with van der Waals surface area (Å²) >= 11 is 1.56. The molecule has 4 aromatic rings. The van der Waals surface area contributed by atoms with Gasteiger partial charge in [0.15, 0.2) is 5.82 Å².